The molecule has 0 aromatic heterocycles. The van der Waals surface area contributed by atoms with Crippen LogP contribution < -0.4 is 0 Å². The summed E-state index contributed by atoms with van der Waals surface area (Å²) in [5.74, 6) is 0.131. The van der Waals surface area contributed by atoms with Crippen LogP contribution in [0.5, 0.6) is 0 Å². The molecule has 1 nitrogen and oxygen atoms in total. The number of aliphatic hydroxyl groups excluding tert-OH is 1. The van der Waals surface area contributed by atoms with Gasteiger partial charge in [0.15, 0.2) is 0 Å². The fourth-order valence-corrected chi connectivity index (χ4v) is 0.993. The monoisotopic (exact) mass is 142 g/mol. The quantitative estimate of drug-likeness (QED) is 0.596. The van der Waals surface area contributed by atoms with Crippen molar-refractivity contribution in [3.8, 4) is 0 Å². The highest BCUT2D eigenvalue weighted by atomic mass is 19.1. The van der Waals surface area contributed by atoms with Crippen molar-refractivity contribution in [1.82, 2.24) is 0 Å². The number of hydrogen-bond donors (Lipinski definition) is 1. The molecule has 0 saturated carbocycles. The van der Waals surface area contributed by atoms with Crippen LogP contribution in [0.1, 0.15) is 19.8 Å². The maximum atomic E-state index is 13.3. The first-order valence-electron chi connectivity index (χ1n) is 3.42. The van der Waals surface area contributed by atoms with Gasteiger partial charge in [-0.05, 0) is 18.6 Å². The Kier molecular flexibility index (Phi) is 1.79. The van der Waals surface area contributed by atoms with Gasteiger partial charge >= 0.3 is 0 Å². The molecule has 1 atom stereocenters. The van der Waals surface area contributed by atoms with Crippen LogP contribution in [0, 0.1) is 0 Å². The molecule has 2 heteroatoms. The summed E-state index contributed by atoms with van der Waals surface area (Å²) in [5.41, 5.74) is -1.31. The average Bonchev–Trinajstić information content (AvgIpc) is 1.88. The number of aliphatic hydroxyl groups is 1. The fraction of sp³-hybridized carbons (Fsp3) is 0.500. The molecule has 0 aromatic rings. The Morgan fingerprint density at radius 1 is 1.80 bits per heavy atom. The van der Waals surface area contributed by atoms with Crippen LogP contribution in [0.15, 0.2) is 24.0 Å². The topological polar surface area (TPSA) is 20.2 Å². The van der Waals surface area contributed by atoms with Crippen LogP contribution in [0.4, 0.5) is 4.39 Å². The van der Waals surface area contributed by atoms with E-state index in [1.807, 2.05) is 0 Å². The van der Waals surface area contributed by atoms with Crippen LogP contribution in [-0.2, 0) is 0 Å². The van der Waals surface area contributed by atoms with Gasteiger partial charge in [-0.1, -0.05) is 13.0 Å². The first-order chi connectivity index (χ1) is 4.66. The number of hydrogen-bond acceptors (Lipinski definition) is 1. The van der Waals surface area contributed by atoms with E-state index in [1.54, 1.807) is 13.0 Å². The van der Waals surface area contributed by atoms with Gasteiger partial charge in [-0.2, -0.15) is 0 Å². The van der Waals surface area contributed by atoms with E-state index in [9.17, 15) is 4.39 Å². The van der Waals surface area contributed by atoms with Crippen molar-refractivity contribution in [3.05, 3.63) is 24.0 Å². The molecule has 0 radical (unpaired) electrons. The van der Waals surface area contributed by atoms with Crippen molar-refractivity contribution in [2.45, 2.75) is 25.4 Å². The van der Waals surface area contributed by atoms with Crippen molar-refractivity contribution in [2.24, 2.45) is 0 Å². The van der Waals surface area contributed by atoms with Crippen LogP contribution in [0.3, 0.4) is 0 Å². The van der Waals surface area contributed by atoms with Gasteiger partial charge in [-0.15, -0.1) is 0 Å². The average molecular weight is 142 g/mol. The zero-order valence-electron chi connectivity index (χ0n) is 5.97. The van der Waals surface area contributed by atoms with Gasteiger partial charge in [0.1, 0.15) is 5.67 Å². The molecule has 56 valence electrons. The van der Waals surface area contributed by atoms with E-state index in [0.29, 0.717) is 6.42 Å². The minimum absolute atomic E-state index is 0.125. The molecule has 1 rings (SSSR count). The predicted octanol–water partition coefficient (Wildman–Crippen LogP) is 2.51. The third-order valence-corrected chi connectivity index (χ3v) is 1.75. The SMILES string of the molecule is CCC1(F)C=CC=C(O)C1. The van der Waals surface area contributed by atoms with E-state index in [2.05, 4.69) is 0 Å². The van der Waals surface area contributed by atoms with Gasteiger partial charge in [-0.3, -0.25) is 0 Å². The smallest absolute Gasteiger partial charge is 0.136 e. The summed E-state index contributed by atoms with van der Waals surface area (Å²) in [6.45, 7) is 1.77. The summed E-state index contributed by atoms with van der Waals surface area (Å²) < 4.78 is 13.3. The molecular formula is C8H11FO. The van der Waals surface area contributed by atoms with E-state index in [1.165, 1.54) is 12.2 Å². The number of allylic oxidation sites excluding steroid dienone is 4. The largest absolute Gasteiger partial charge is 0.512 e. The minimum atomic E-state index is -1.31. The fourth-order valence-electron chi connectivity index (χ4n) is 0.993. The highest BCUT2D eigenvalue weighted by Crippen LogP contribution is 2.28. The molecule has 0 aromatic carbocycles. The highest BCUT2D eigenvalue weighted by molar-refractivity contribution is 5.20. The van der Waals surface area contributed by atoms with E-state index in [-0.39, 0.29) is 12.2 Å². The summed E-state index contributed by atoms with van der Waals surface area (Å²) in [6, 6.07) is 0. The standard InChI is InChI=1S/C8H11FO/c1-2-8(9)5-3-4-7(10)6-8/h3-5,10H,2,6H2,1H3. The number of halogens is 1. The van der Waals surface area contributed by atoms with Gasteiger partial charge < -0.3 is 5.11 Å². The molecule has 1 N–H and O–H groups in total. The van der Waals surface area contributed by atoms with Crippen molar-refractivity contribution in [2.75, 3.05) is 0 Å². The zero-order chi connectivity index (χ0) is 7.61. The van der Waals surface area contributed by atoms with E-state index >= 15 is 0 Å². The lowest BCUT2D eigenvalue weighted by molar-refractivity contribution is 0.190. The van der Waals surface area contributed by atoms with Gasteiger partial charge in [-0.25, -0.2) is 4.39 Å². The molecule has 1 aliphatic rings. The van der Waals surface area contributed by atoms with Gasteiger partial charge in [0.05, 0.1) is 5.76 Å². The van der Waals surface area contributed by atoms with Gasteiger partial charge in [0.2, 0.25) is 0 Å². The highest BCUT2D eigenvalue weighted by Gasteiger charge is 2.26. The summed E-state index contributed by atoms with van der Waals surface area (Å²) in [4.78, 5) is 0. The van der Waals surface area contributed by atoms with Crippen LogP contribution >= 0.6 is 0 Å². The Morgan fingerprint density at radius 2 is 2.50 bits per heavy atom. The molecule has 0 amide bonds. The first-order valence-corrected chi connectivity index (χ1v) is 3.42. The Hall–Kier alpha value is -0.790. The molecule has 0 bridgehead atoms. The summed E-state index contributed by atoms with van der Waals surface area (Å²) >= 11 is 0. The Morgan fingerprint density at radius 3 is 2.90 bits per heavy atom. The van der Waals surface area contributed by atoms with Crippen LogP contribution in [0.2, 0.25) is 0 Å². The normalized spacial score (nSPS) is 32.0. The van der Waals surface area contributed by atoms with E-state index in [0.717, 1.165) is 0 Å². The second kappa shape index (κ2) is 2.45. The maximum absolute atomic E-state index is 13.3. The zero-order valence-corrected chi connectivity index (χ0v) is 5.97. The second-order valence-electron chi connectivity index (χ2n) is 2.58. The predicted molar refractivity (Wildman–Crippen MR) is 38.6 cm³/mol. The lowest BCUT2D eigenvalue weighted by Gasteiger charge is -2.21. The third kappa shape index (κ3) is 1.38. The summed E-state index contributed by atoms with van der Waals surface area (Å²) in [6.07, 6.45) is 5.12. The summed E-state index contributed by atoms with van der Waals surface area (Å²) in [5, 5.41) is 8.95. The lowest BCUT2D eigenvalue weighted by Crippen LogP contribution is -2.20. The molecule has 0 aliphatic heterocycles. The molecule has 10 heavy (non-hydrogen) atoms. The summed E-state index contributed by atoms with van der Waals surface area (Å²) in [7, 11) is 0. The first kappa shape index (κ1) is 7.32. The Labute approximate surface area is 59.9 Å². The van der Waals surface area contributed by atoms with E-state index < -0.39 is 5.67 Å². The van der Waals surface area contributed by atoms with E-state index in [4.69, 9.17) is 5.11 Å². The molecule has 1 unspecified atom stereocenters. The van der Waals surface area contributed by atoms with Crippen LogP contribution in [-0.4, -0.2) is 10.8 Å². The molecule has 0 heterocycles. The Bertz CT molecular complexity index is 184. The second-order valence-corrected chi connectivity index (χ2v) is 2.58. The minimum Gasteiger partial charge on any atom is -0.512 e. The molecular weight excluding hydrogens is 131 g/mol. The Balaban J connectivity index is 2.71. The van der Waals surface area contributed by atoms with Crippen LogP contribution in [0.25, 0.3) is 0 Å². The third-order valence-electron chi connectivity index (χ3n) is 1.75. The van der Waals surface area contributed by atoms with Gasteiger partial charge in [0, 0.05) is 6.42 Å². The molecule has 0 saturated heterocycles. The number of rotatable bonds is 1. The van der Waals surface area contributed by atoms with Gasteiger partial charge in [0.25, 0.3) is 0 Å². The van der Waals surface area contributed by atoms with Crippen molar-refractivity contribution >= 4 is 0 Å². The number of alkyl halides is 1. The van der Waals surface area contributed by atoms with Crippen molar-refractivity contribution < 1.29 is 9.50 Å². The molecule has 1 aliphatic carbocycles. The van der Waals surface area contributed by atoms with Crippen molar-refractivity contribution in [1.29, 1.82) is 0 Å². The molecule has 0 spiro atoms. The maximum Gasteiger partial charge on any atom is 0.136 e. The molecule has 0 fully saturated rings. The lowest BCUT2D eigenvalue weighted by atomic mass is 9.94. The van der Waals surface area contributed by atoms with Crippen molar-refractivity contribution in [3.63, 3.8) is 0 Å².